The highest BCUT2D eigenvalue weighted by Gasteiger charge is 2.04. The predicted molar refractivity (Wildman–Crippen MR) is 99.2 cm³/mol. The summed E-state index contributed by atoms with van der Waals surface area (Å²) in [7, 11) is 1.76. The number of guanidine groups is 1. The molecule has 0 aliphatic heterocycles. The van der Waals surface area contributed by atoms with Crippen LogP contribution in [0.1, 0.15) is 16.7 Å². The summed E-state index contributed by atoms with van der Waals surface area (Å²) in [5, 5.41) is 7.11. The number of hydrogen-bond acceptors (Lipinski definition) is 3. The largest absolute Gasteiger partial charge is 0.352 e. The van der Waals surface area contributed by atoms with Gasteiger partial charge in [0.05, 0.1) is 0 Å². The Bertz CT molecular complexity index is 671. The highest BCUT2D eigenvalue weighted by atomic mass is 35.5. The van der Waals surface area contributed by atoms with Crippen molar-refractivity contribution in [3.8, 4) is 0 Å². The standard InChI is InChI=1S/C17H21ClN4S/c1-12-4-6-14(15(8-12)23-3)11-22-17(19-2)21-10-13-5-7-16(18)20-9-13/h4-9H,10-11H2,1-3H3,(H2,19,21,22). The average molecular weight is 349 g/mol. The van der Waals surface area contributed by atoms with Crippen LogP contribution in [0.4, 0.5) is 0 Å². The van der Waals surface area contributed by atoms with Gasteiger partial charge in [-0.2, -0.15) is 0 Å². The number of nitrogens with zero attached hydrogens (tertiary/aromatic N) is 2. The number of aromatic nitrogens is 1. The lowest BCUT2D eigenvalue weighted by Crippen LogP contribution is -2.36. The van der Waals surface area contributed by atoms with E-state index in [1.807, 2.05) is 6.07 Å². The number of thioether (sulfide) groups is 1. The van der Waals surface area contributed by atoms with E-state index >= 15 is 0 Å². The number of aryl methyl sites for hydroxylation is 1. The van der Waals surface area contributed by atoms with E-state index in [9.17, 15) is 0 Å². The van der Waals surface area contributed by atoms with Crippen LogP contribution in [-0.2, 0) is 13.1 Å². The fourth-order valence-corrected chi connectivity index (χ4v) is 2.91. The molecule has 2 rings (SSSR count). The summed E-state index contributed by atoms with van der Waals surface area (Å²) in [5.74, 6) is 0.757. The zero-order chi connectivity index (χ0) is 16.7. The minimum atomic E-state index is 0.500. The van der Waals surface area contributed by atoms with Gasteiger partial charge in [0, 0.05) is 31.2 Å². The second-order valence-electron chi connectivity index (χ2n) is 5.08. The number of rotatable bonds is 5. The monoisotopic (exact) mass is 348 g/mol. The third kappa shape index (κ3) is 5.44. The van der Waals surface area contributed by atoms with Crippen LogP contribution in [0.15, 0.2) is 46.4 Å². The number of aliphatic imine (C=N–C) groups is 1. The minimum Gasteiger partial charge on any atom is -0.352 e. The summed E-state index contributed by atoms with van der Waals surface area (Å²) in [5.41, 5.74) is 3.59. The molecule has 0 bridgehead atoms. The first-order chi connectivity index (χ1) is 11.1. The Balaban J connectivity index is 1.91. The molecule has 2 N–H and O–H groups in total. The van der Waals surface area contributed by atoms with Crippen molar-refractivity contribution < 1.29 is 0 Å². The van der Waals surface area contributed by atoms with Gasteiger partial charge in [0.2, 0.25) is 0 Å². The molecule has 4 nitrogen and oxygen atoms in total. The molecule has 0 aliphatic carbocycles. The molecule has 0 amide bonds. The molecule has 0 fully saturated rings. The summed E-state index contributed by atoms with van der Waals surface area (Å²) in [4.78, 5) is 9.61. The molecule has 0 atom stereocenters. The van der Waals surface area contributed by atoms with E-state index in [0.29, 0.717) is 11.7 Å². The van der Waals surface area contributed by atoms with Crippen LogP contribution in [0.2, 0.25) is 5.15 Å². The van der Waals surface area contributed by atoms with Gasteiger partial charge in [-0.1, -0.05) is 29.8 Å². The molecule has 1 heterocycles. The van der Waals surface area contributed by atoms with Gasteiger partial charge in [-0.05, 0) is 42.0 Å². The molecule has 1 aromatic heterocycles. The maximum Gasteiger partial charge on any atom is 0.191 e. The van der Waals surface area contributed by atoms with Crippen LogP contribution >= 0.6 is 23.4 Å². The first-order valence-electron chi connectivity index (χ1n) is 7.31. The van der Waals surface area contributed by atoms with Crippen molar-refractivity contribution in [1.29, 1.82) is 0 Å². The topological polar surface area (TPSA) is 49.3 Å². The van der Waals surface area contributed by atoms with Crippen LogP contribution in [0.25, 0.3) is 0 Å². The Morgan fingerprint density at radius 1 is 1.22 bits per heavy atom. The Morgan fingerprint density at radius 2 is 2.00 bits per heavy atom. The molecule has 2 aromatic rings. The molecule has 0 saturated heterocycles. The highest BCUT2D eigenvalue weighted by molar-refractivity contribution is 7.98. The van der Waals surface area contributed by atoms with E-state index in [-0.39, 0.29) is 0 Å². The summed E-state index contributed by atoms with van der Waals surface area (Å²) in [6.45, 7) is 3.49. The van der Waals surface area contributed by atoms with Crippen LogP contribution in [0.3, 0.4) is 0 Å². The molecule has 0 saturated carbocycles. The van der Waals surface area contributed by atoms with Crippen LogP contribution in [0, 0.1) is 6.92 Å². The van der Waals surface area contributed by atoms with Gasteiger partial charge in [-0.3, -0.25) is 4.99 Å². The lowest BCUT2D eigenvalue weighted by atomic mass is 10.1. The first-order valence-corrected chi connectivity index (χ1v) is 8.91. The zero-order valence-electron chi connectivity index (χ0n) is 13.6. The Kier molecular flexibility index (Phi) is 6.74. The summed E-state index contributed by atoms with van der Waals surface area (Å²) in [6.07, 6.45) is 3.85. The zero-order valence-corrected chi connectivity index (χ0v) is 15.1. The second kappa shape index (κ2) is 8.79. The summed E-state index contributed by atoms with van der Waals surface area (Å²) in [6, 6.07) is 10.2. The molecule has 1 aromatic carbocycles. The third-order valence-electron chi connectivity index (χ3n) is 3.36. The molecular weight excluding hydrogens is 328 g/mol. The summed E-state index contributed by atoms with van der Waals surface area (Å²) < 4.78 is 0. The number of halogens is 1. The first kappa shape index (κ1) is 17.6. The van der Waals surface area contributed by atoms with E-state index in [2.05, 4.69) is 52.0 Å². The van der Waals surface area contributed by atoms with Gasteiger partial charge >= 0.3 is 0 Å². The highest BCUT2D eigenvalue weighted by Crippen LogP contribution is 2.21. The Morgan fingerprint density at radius 3 is 2.65 bits per heavy atom. The van der Waals surface area contributed by atoms with Gasteiger partial charge in [0.1, 0.15) is 5.15 Å². The fourth-order valence-electron chi connectivity index (χ4n) is 2.09. The normalized spacial score (nSPS) is 11.4. The lowest BCUT2D eigenvalue weighted by molar-refractivity contribution is 0.799. The fraction of sp³-hybridized carbons (Fsp3) is 0.294. The van der Waals surface area contributed by atoms with Crippen molar-refractivity contribution in [1.82, 2.24) is 15.6 Å². The Hall–Kier alpha value is -1.72. The third-order valence-corrected chi connectivity index (χ3v) is 4.40. The van der Waals surface area contributed by atoms with E-state index in [0.717, 1.165) is 18.1 Å². The Labute approximate surface area is 146 Å². The summed E-state index contributed by atoms with van der Waals surface area (Å²) >= 11 is 7.55. The molecule has 0 spiro atoms. The van der Waals surface area contributed by atoms with Gasteiger partial charge in [0.15, 0.2) is 5.96 Å². The van der Waals surface area contributed by atoms with E-state index in [1.54, 1.807) is 31.1 Å². The van der Waals surface area contributed by atoms with E-state index in [4.69, 9.17) is 11.6 Å². The number of benzene rings is 1. The second-order valence-corrected chi connectivity index (χ2v) is 6.32. The smallest absolute Gasteiger partial charge is 0.191 e. The van der Waals surface area contributed by atoms with Gasteiger partial charge in [0.25, 0.3) is 0 Å². The van der Waals surface area contributed by atoms with Crippen LogP contribution in [0.5, 0.6) is 0 Å². The van der Waals surface area contributed by atoms with Gasteiger partial charge in [-0.25, -0.2) is 4.98 Å². The quantitative estimate of drug-likeness (QED) is 0.375. The maximum absolute atomic E-state index is 5.79. The number of pyridine rings is 1. The molecule has 6 heteroatoms. The average Bonchev–Trinajstić information content (AvgIpc) is 2.57. The van der Waals surface area contributed by atoms with E-state index in [1.165, 1.54) is 16.0 Å². The maximum atomic E-state index is 5.79. The molecule has 23 heavy (non-hydrogen) atoms. The van der Waals surface area contributed by atoms with Crippen molar-refractivity contribution in [2.75, 3.05) is 13.3 Å². The van der Waals surface area contributed by atoms with Crippen LogP contribution in [-0.4, -0.2) is 24.2 Å². The van der Waals surface area contributed by atoms with Crippen LogP contribution < -0.4 is 10.6 Å². The SMILES string of the molecule is CN=C(NCc1ccc(Cl)nc1)NCc1ccc(C)cc1SC. The molecule has 122 valence electrons. The van der Waals surface area contributed by atoms with Crippen molar-refractivity contribution in [2.24, 2.45) is 4.99 Å². The van der Waals surface area contributed by atoms with Crippen molar-refractivity contribution in [2.45, 2.75) is 24.9 Å². The van der Waals surface area contributed by atoms with Crippen molar-refractivity contribution >= 4 is 29.3 Å². The van der Waals surface area contributed by atoms with Gasteiger partial charge < -0.3 is 10.6 Å². The minimum absolute atomic E-state index is 0.500. The predicted octanol–water partition coefficient (Wildman–Crippen LogP) is 3.63. The molecular formula is C17H21ClN4S. The molecule has 0 radical (unpaired) electrons. The molecule has 0 unspecified atom stereocenters. The number of hydrogen-bond donors (Lipinski definition) is 2. The van der Waals surface area contributed by atoms with Crippen molar-refractivity contribution in [3.63, 3.8) is 0 Å². The van der Waals surface area contributed by atoms with Gasteiger partial charge in [-0.15, -0.1) is 11.8 Å². The van der Waals surface area contributed by atoms with E-state index < -0.39 is 0 Å². The number of nitrogens with one attached hydrogen (secondary N) is 2. The molecule has 0 aliphatic rings. The lowest BCUT2D eigenvalue weighted by Gasteiger charge is -2.14. The van der Waals surface area contributed by atoms with Crippen molar-refractivity contribution in [3.05, 3.63) is 58.4 Å².